The molecule has 2 aromatic rings. The molecule has 1 heterocycles. The molecule has 0 atom stereocenters. The highest BCUT2D eigenvalue weighted by atomic mass is 35.5. The minimum Gasteiger partial charge on any atom is -0.460 e. The fourth-order valence-corrected chi connectivity index (χ4v) is 1.18. The van der Waals surface area contributed by atoms with Gasteiger partial charge < -0.3 is 4.42 Å². The van der Waals surface area contributed by atoms with Gasteiger partial charge in [-0.3, -0.25) is 20.4 Å². The molecule has 5 nitrogen and oxygen atoms in total. The summed E-state index contributed by atoms with van der Waals surface area (Å²) in [4.78, 5) is 20.6. The minimum absolute atomic E-state index is 0.103. The fraction of sp³-hybridized carbons (Fsp3) is 0.0769. The third-order valence-electron chi connectivity index (χ3n) is 1.87. The molecule has 2 N–H and O–H groups in total. The summed E-state index contributed by atoms with van der Waals surface area (Å²) in [5.41, 5.74) is 6.09. The van der Waals surface area contributed by atoms with Crippen molar-refractivity contribution >= 4 is 28.4 Å². The van der Waals surface area contributed by atoms with E-state index in [1.165, 1.54) is 19.3 Å². The molecule has 0 aliphatic heterocycles. The van der Waals surface area contributed by atoms with Crippen LogP contribution >= 0.6 is 11.6 Å². The minimum atomic E-state index is -0.560. The molecule has 0 radical (unpaired) electrons. The fourth-order valence-electron chi connectivity index (χ4n) is 1.07. The number of hydrogen-bond acceptors (Lipinski definition) is 4. The first-order chi connectivity index (χ1) is 9.09. The standard InChI is InChI=1S/C8H10N2O.C5H3ClO2/c1-7(11)9-10-8-5-3-2-4-6-8;6-5(7)4-2-1-3-8-4/h2-6,10H,1H3,(H,9,11);1-3H. The summed E-state index contributed by atoms with van der Waals surface area (Å²) in [6.45, 7) is 1.45. The normalized spacial score (nSPS) is 8.95. The molecule has 0 fully saturated rings. The van der Waals surface area contributed by atoms with E-state index >= 15 is 0 Å². The smallest absolute Gasteiger partial charge is 0.287 e. The van der Waals surface area contributed by atoms with E-state index in [0.29, 0.717) is 0 Å². The van der Waals surface area contributed by atoms with Crippen molar-refractivity contribution < 1.29 is 14.0 Å². The quantitative estimate of drug-likeness (QED) is 0.670. The SMILES string of the molecule is CC(=O)NNc1ccccc1.O=C(Cl)c1ccco1. The lowest BCUT2D eigenvalue weighted by Crippen LogP contribution is -2.26. The van der Waals surface area contributed by atoms with E-state index in [1.807, 2.05) is 30.3 Å². The third-order valence-corrected chi connectivity index (χ3v) is 2.06. The molecule has 0 saturated heterocycles. The second-order valence-electron chi connectivity index (χ2n) is 3.42. The highest BCUT2D eigenvalue weighted by Gasteiger charge is 2.00. The molecular weight excluding hydrogens is 268 g/mol. The van der Waals surface area contributed by atoms with Crippen LogP contribution in [0.25, 0.3) is 0 Å². The van der Waals surface area contributed by atoms with E-state index in [9.17, 15) is 9.59 Å². The molecule has 100 valence electrons. The predicted octanol–water partition coefficient (Wildman–Crippen LogP) is 2.81. The van der Waals surface area contributed by atoms with Crippen LogP contribution in [-0.4, -0.2) is 11.1 Å². The lowest BCUT2D eigenvalue weighted by molar-refractivity contribution is -0.118. The monoisotopic (exact) mass is 280 g/mol. The van der Waals surface area contributed by atoms with Gasteiger partial charge >= 0.3 is 0 Å². The number of hydrazine groups is 1. The number of furan rings is 1. The zero-order chi connectivity index (χ0) is 14.1. The van der Waals surface area contributed by atoms with Crippen molar-refractivity contribution in [2.45, 2.75) is 6.92 Å². The average Bonchev–Trinajstić information content (AvgIpc) is 2.92. The first-order valence-corrected chi connectivity index (χ1v) is 5.78. The molecule has 1 aromatic carbocycles. The van der Waals surface area contributed by atoms with Crippen molar-refractivity contribution in [3.05, 3.63) is 54.5 Å². The van der Waals surface area contributed by atoms with Crippen LogP contribution in [0.3, 0.4) is 0 Å². The number of carbonyl (C=O) groups excluding carboxylic acids is 2. The summed E-state index contributed by atoms with van der Waals surface area (Å²) in [7, 11) is 0. The van der Waals surface area contributed by atoms with Crippen LogP contribution in [0.15, 0.2) is 53.1 Å². The van der Waals surface area contributed by atoms with Gasteiger partial charge in [-0.1, -0.05) is 18.2 Å². The predicted molar refractivity (Wildman–Crippen MR) is 72.8 cm³/mol. The van der Waals surface area contributed by atoms with Gasteiger partial charge in [0.15, 0.2) is 5.76 Å². The summed E-state index contributed by atoms with van der Waals surface area (Å²) in [6, 6.07) is 12.6. The molecule has 0 bridgehead atoms. The van der Waals surface area contributed by atoms with Crippen LogP contribution in [0.5, 0.6) is 0 Å². The largest absolute Gasteiger partial charge is 0.460 e. The van der Waals surface area contributed by atoms with Crippen LogP contribution in [0.1, 0.15) is 17.5 Å². The topological polar surface area (TPSA) is 71.3 Å². The molecule has 0 unspecified atom stereocenters. The number of amides is 1. The Kier molecular flexibility index (Phi) is 6.18. The Labute approximate surface area is 115 Å². The second-order valence-corrected chi connectivity index (χ2v) is 3.77. The number of anilines is 1. The maximum atomic E-state index is 10.4. The van der Waals surface area contributed by atoms with Gasteiger partial charge in [-0.05, 0) is 35.9 Å². The first-order valence-electron chi connectivity index (χ1n) is 5.40. The number of benzene rings is 1. The number of nitrogens with one attached hydrogen (secondary N) is 2. The second kappa shape index (κ2) is 7.94. The number of halogens is 1. The molecular formula is C13H13ClN2O3. The Morgan fingerprint density at radius 2 is 1.79 bits per heavy atom. The van der Waals surface area contributed by atoms with E-state index in [-0.39, 0.29) is 11.7 Å². The number of carbonyl (C=O) groups is 2. The lowest BCUT2D eigenvalue weighted by Gasteiger charge is -2.04. The molecule has 19 heavy (non-hydrogen) atoms. The van der Waals surface area contributed by atoms with Gasteiger partial charge in [0, 0.05) is 6.92 Å². The Hall–Kier alpha value is -2.27. The van der Waals surface area contributed by atoms with E-state index in [1.54, 1.807) is 6.07 Å². The summed E-state index contributed by atoms with van der Waals surface area (Å²) in [6.07, 6.45) is 1.40. The molecule has 0 aliphatic carbocycles. The van der Waals surface area contributed by atoms with E-state index in [4.69, 9.17) is 11.6 Å². The van der Waals surface area contributed by atoms with Gasteiger partial charge in [0.2, 0.25) is 5.91 Å². The van der Waals surface area contributed by atoms with Crippen molar-refractivity contribution in [3.8, 4) is 0 Å². The van der Waals surface area contributed by atoms with Crippen LogP contribution in [0.2, 0.25) is 0 Å². The van der Waals surface area contributed by atoms with Gasteiger partial charge in [-0.15, -0.1) is 0 Å². The van der Waals surface area contributed by atoms with Gasteiger partial charge in [0.25, 0.3) is 5.24 Å². The Balaban J connectivity index is 0.000000200. The number of hydrogen-bond donors (Lipinski definition) is 2. The summed E-state index contributed by atoms with van der Waals surface area (Å²) >= 11 is 5.01. The van der Waals surface area contributed by atoms with Crippen LogP contribution in [-0.2, 0) is 4.79 Å². The van der Waals surface area contributed by atoms with Gasteiger partial charge in [0.05, 0.1) is 12.0 Å². The Morgan fingerprint density at radius 3 is 2.21 bits per heavy atom. The number of para-hydroxylation sites is 1. The van der Waals surface area contributed by atoms with E-state index in [2.05, 4.69) is 15.3 Å². The molecule has 0 spiro atoms. The molecule has 0 saturated carbocycles. The maximum absolute atomic E-state index is 10.4. The zero-order valence-electron chi connectivity index (χ0n) is 10.2. The van der Waals surface area contributed by atoms with Crippen molar-refractivity contribution in [1.29, 1.82) is 0 Å². The Morgan fingerprint density at radius 1 is 1.11 bits per heavy atom. The maximum Gasteiger partial charge on any atom is 0.287 e. The van der Waals surface area contributed by atoms with Crippen molar-refractivity contribution in [2.24, 2.45) is 0 Å². The molecule has 0 aliphatic rings. The molecule has 1 aromatic heterocycles. The third kappa shape index (κ3) is 6.28. The van der Waals surface area contributed by atoms with Crippen LogP contribution in [0, 0.1) is 0 Å². The lowest BCUT2D eigenvalue weighted by atomic mass is 10.3. The van der Waals surface area contributed by atoms with E-state index in [0.717, 1.165) is 5.69 Å². The average molecular weight is 281 g/mol. The summed E-state index contributed by atoms with van der Waals surface area (Å²) in [5.74, 6) is 0.0838. The van der Waals surface area contributed by atoms with Crippen LogP contribution in [0.4, 0.5) is 5.69 Å². The van der Waals surface area contributed by atoms with Gasteiger partial charge in [-0.25, -0.2) is 0 Å². The van der Waals surface area contributed by atoms with Gasteiger partial charge in [0.1, 0.15) is 0 Å². The van der Waals surface area contributed by atoms with Crippen molar-refractivity contribution in [3.63, 3.8) is 0 Å². The molecule has 1 amide bonds. The van der Waals surface area contributed by atoms with E-state index < -0.39 is 5.24 Å². The number of rotatable bonds is 3. The zero-order valence-corrected chi connectivity index (χ0v) is 11.0. The van der Waals surface area contributed by atoms with Crippen LogP contribution < -0.4 is 10.9 Å². The molecule has 2 rings (SSSR count). The van der Waals surface area contributed by atoms with Crippen molar-refractivity contribution in [1.82, 2.24) is 5.43 Å². The highest BCUT2D eigenvalue weighted by Crippen LogP contribution is 2.02. The Bertz CT molecular complexity index is 512. The van der Waals surface area contributed by atoms with Crippen molar-refractivity contribution in [2.75, 3.05) is 5.43 Å². The first kappa shape index (κ1) is 14.8. The summed E-state index contributed by atoms with van der Waals surface area (Å²) < 4.78 is 4.61. The molecule has 6 heteroatoms. The summed E-state index contributed by atoms with van der Waals surface area (Å²) in [5, 5.41) is -0.560. The highest BCUT2D eigenvalue weighted by molar-refractivity contribution is 6.67. The van der Waals surface area contributed by atoms with Gasteiger partial charge in [-0.2, -0.15) is 0 Å².